The molecule has 2 saturated heterocycles. The van der Waals surface area contributed by atoms with Gasteiger partial charge in [0, 0.05) is 6.54 Å². The van der Waals surface area contributed by atoms with Crippen LogP contribution in [-0.4, -0.2) is 109 Å². The smallest absolute Gasteiger partial charge is 0.228 e. The van der Waals surface area contributed by atoms with Gasteiger partial charge < -0.3 is 45.2 Å². The van der Waals surface area contributed by atoms with Gasteiger partial charge in [-0.25, -0.2) is 0 Å². The molecule has 0 aromatic carbocycles. The van der Waals surface area contributed by atoms with Crippen LogP contribution in [0.25, 0.3) is 0 Å². The monoisotopic (exact) mass is 335 g/mol. The Labute approximate surface area is 131 Å². The topological polar surface area (TPSA) is 163 Å². The van der Waals surface area contributed by atoms with Crippen LogP contribution in [0.2, 0.25) is 0 Å². The van der Waals surface area contributed by atoms with Crippen molar-refractivity contribution in [1.29, 1.82) is 0 Å². The van der Waals surface area contributed by atoms with E-state index in [1.165, 1.54) is 0 Å². The van der Waals surface area contributed by atoms with Gasteiger partial charge in [-0.15, -0.1) is 0 Å². The van der Waals surface area contributed by atoms with E-state index in [1.807, 2.05) is 0 Å². The molecule has 0 bridgehead atoms. The van der Waals surface area contributed by atoms with E-state index in [-0.39, 0.29) is 6.54 Å². The molecular weight excluding hydrogens is 314 g/mol. The fraction of sp³-hybridized carbons (Fsp3) is 0.846. The van der Waals surface area contributed by atoms with Gasteiger partial charge in [0.1, 0.15) is 24.6 Å². The average molecular weight is 335 g/mol. The van der Waals surface area contributed by atoms with Crippen LogP contribution >= 0.6 is 0 Å². The van der Waals surface area contributed by atoms with Crippen LogP contribution in [0.3, 0.4) is 0 Å². The Kier molecular flexibility index (Phi) is 4.51. The second-order valence-corrected chi connectivity index (χ2v) is 6.07. The Bertz CT molecular complexity index is 474. The minimum atomic E-state index is -1.57. The maximum absolute atomic E-state index is 10.3. The molecule has 10 nitrogen and oxygen atoms in total. The molecule has 10 heteroatoms. The Hall–Kier alpha value is -0.980. The van der Waals surface area contributed by atoms with E-state index in [9.17, 15) is 35.7 Å². The minimum Gasteiger partial charge on any atom is -0.506 e. The summed E-state index contributed by atoms with van der Waals surface area (Å²) in [5.41, 5.74) is 0. The number of ether oxygens (including phenoxy) is 2. The first-order valence-corrected chi connectivity index (χ1v) is 7.33. The highest BCUT2D eigenvalue weighted by atomic mass is 16.7. The molecule has 0 aliphatic carbocycles. The van der Waals surface area contributed by atoms with Gasteiger partial charge in [0.25, 0.3) is 0 Å². The van der Waals surface area contributed by atoms with Gasteiger partial charge in [-0.05, 0) is 0 Å². The molecule has 132 valence electrons. The van der Waals surface area contributed by atoms with Crippen LogP contribution in [0.1, 0.15) is 0 Å². The van der Waals surface area contributed by atoms with E-state index in [4.69, 9.17) is 9.47 Å². The Morgan fingerprint density at radius 2 is 1.78 bits per heavy atom. The average Bonchev–Trinajstić information content (AvgIpc) is 2.96. The number of nitrogens with zero attached hydrogens (tertiary/aromatic N) is 1. The quantitative estimate of drug-likeness (QED) is 0.270. The zero-order valence-corrected chi connectivity index (χ0v) is 12.1. The molecule has 0 spiro atoms. The molecule has 3 aliphatic rings. The van der Waals surface area contributed by atoms with Crippen LogP contribution in [-0.2, 0) is 9.47 Å². The van der Waals surface area contributed by atoms with Gasteiger partial charge in [-0.1, -0.05) is 0 Å². The number of aliphatic hydroxyl groups is 7. The van der Waals surface area contributed by atoms with Gasteiger partial charge >= 0.3 is 0 Å². The molecular formula is C13H21NO9. The SMILES string of the molecule is OC[C@@H]1[C@@H](O)[C@H](O)[C@H]2[C@H](O)[C@@H](O[C@@H]3OC=C(O)C(O)C3O)CN21. The van der Waals surface area contributed by atoms with Gasteiger partial charge in [-0.3, -0.25) is 4.90 Å². The van der Waals surface area contributed by atoms with E-state index < -0.39 is 67.4 Å². The molecule has 3 rings (SSSR count). The fourth-order valence-corrected chi connectivity index (χ4v) is 3.47. The maximum atomic E-state index is 10.3. The number of rotatable bonds is 3. The van der Waals surface area contributed by atoms with Crippen LogP contribution in [0.15, 0.2) is 12.0 Å². The zero-order valence-electron chi connectivity index (χ0n) is 12.1. The fourth-order valence-electron chi connectivity index (χ4n) is 3.47. The van der Waals surface area contributed by atoms with Crippen molar-refractivity contribution in [2.24, 2.45) is 0 Å². The molecule has 7 N–H and O–H groups in total. The molecule has 0 aromatic heterocycles. The van der Waals surface area contributed by atoms with E-state index in [0.717, 1.165) is 6.26 Å². The summed E-state index contributed by atoms with van der Waals surface area (Å²) >= 11 is 0. The summed E-state index contributed by atoms with van der Waals surface area (Å²) in [6, 6.07) is -1.55. The third kappa shape index (κ3) is 2.61. The number of hydrogen-bond acceptors (Lipinski definition) is 10. The second kappa shape index (κ2) is 6.15. The molecule has 9 atom stereocenters. The summed E-state index contributed by atoms with van der Waals surface area (Å²) in [6.45, 7) is -0.310. The lowest BCUT2D eigenvalue weighted by Crippen LogP contribution is -2.49. The third-order valence-corrected chi connectivity index (χ3v) is 4.75. The summed E-state index contributed by atoms with van der Waals surface area (Å²) in [5.74, 6) is -0.538. The van der Waals surface area contributed by atoms with Gasteiger partial charge in [0.15, 0.2) is 5.76 Å². The van der Waals surface area contributed by atoms with Crippen molar-refractivity contribution in [1.82, 2.24) is 4.90 Å². The highest BCUT2D eigenvalue weighted by molar-refractivity contribution is 5.11. The van der Waals surface area contributed by atoms with Gasteiger partial charge in [0.05, 0.1) is 37.0 Å². The van der Waals surface area contributed by atoms with E-state index >= 15 is 0 Å². The van der Waals surface area contributed by atoms with Gasteiger partial charge in [-0.2, -0.15) is 0 Å². The Balaban J connectivity index is 1.70. The molecule has 0 radical (unpaired) electrons. The van der Waals surface area contributed by atoms with Crippen molar-refractivity contribution in [3.63, 3.8) is 0 Å². The predicted octanol–water partition coefficient (Wildman–Crippen LogP) is -4.01. The maximum Gasteiger partial charge on any atom is 0.228 e. The van der Waals surface area contributed by atoms with E-state index in [2.05, 4.69) is 0 Å². The molecule has 0 aromatic rings. The Morgan fingerprint density at radius 1 is 1.09 bits per heavy atom. The summed E-state index contributed by atoms with van der Waals surface area (Å²) < 4.78 is 10.4. The Morgan fingerprint density at radius 3 is 2.43 bits per heavy atom. The summed E-state index contributed by atoms with van der Waals surface area (Å²) in [6.07, 6.45) is -8.08. The van der Waals surface area contributed by atoms with Crippen LogP contribution in [0.5, 0.6) is 0 Å². The lowest BCUT2D eigenvalue weighted by Gasteiger charge is -2.32. The van der Waals surface area contributed by atoms with Crippen molar-refractivity contribution in [3.8, 4) is 0 Å². The molecule has 0 amide bonds. The van der Waals surface area contributed by atoms with Crippen LogP contribution < -0.4 is 0 Å². The molecule has 3 aliphatic heterocycles. The summed E-state index contributed by atoms with van der Waals surface area (Å²) in [7, 11) is 0. The molecule has 23 heavy (non-hydrogen) atoms. The lowest BCUT2D eigenvalue weighted by atomic mass is 10.0. The van der Waals surface area contributed by atoms with Crippen LogP contribution in [0.4, 0.5) is 0 Å². The second-order valence-electron chi connectivity index (χ2n) is 6.07. The predicted molar refractivity (Wildman–Crippen MR) is 71.9 cm³/mol. The number of aliphatic hydroxyl groups excluding tert-OH is 7. The van der Waals surface area contributed by atoms with Crippen molar-refractivity contribution >= 4 is 0 Å². The van der Waals surface area contributed by atoms with Crippen molar-refractivity contribution in [2.45, 2.75) is 55.0 Å². The summed E-state index contributed by atoms with van der Waals surface area (Å²) in [5, 5.41) is 68.2. The zero-order chi connectivity index (χ0) is 16.9. The molecule has 3 heterocycles. The van der Waals surface area contributed by atoms with E-state index in [0.29, 0.717) is 0 Å². The molecule has 2 unspecified atom stereocenters. The summed E-state index contributed by atoms with van der Waals surface area (Å²) in [4.78, 5) is 1.55. The normalized spacial score (nSPS) is 50.5. The first-order valence-electron chi connectivity index (χ1n) is 7.33. The van der Waals surface area contributed by atoms with E-state index in [1.54, 1.807) is 4.90 Å². The van der Waals surface area contributed by atoms with Gasteiger partial charge in [0.2, 0.25) is 6.29 Å². The minimum absolute atomic E-state index is 0.0869. The van der Waals surface area contributed by atoms with Crippen molar-refractivity contribution in [3.05, 3.63) is 12.0 Å². The molecule has 0 saturated carbocycles. The highest BCUT2D eigenvalue weighted by Gasteiger charge is 2.57. The first kappa shape index (κ1) is 16.9. The lowest BCUT2D eigenvalue weighted by molar-refractivity contribution is -0.233. The van der Waals surface area contributed by atoms with Crippen molar-refractivity contribution in [2.75, 3.05) is 13.2 Å². The standard InChI is InChI=1S/C13H21NO9/c15-2-4-8(17)11(20)7-10(19)6(1-14(4)7)23-13-12(21)9(18)5(16)3-22-13/h3-4,6-13,15-21H,1-2H2/t4-,6+,7-,8-,9?,10-,11-,12?,13+/m1/s1. The molecule has 2 fully saturated rings. The largest absolute Gasteiger partial charge is 0.506 e. The highest BCUT2D eigenvalue weighted by Crippen LogP contribution is 2.35. The number of fused-ring (bicyclic) bond motifs is 1. The first-order chi connectivity index (χ1) is 10.9. The third-order valence-electron chi connectivity index (χ3n) is 4.75. The number of hydrogen-bond donors (Lipinski definition) is 7. The van der Waals surface area contributed by atoms with Crippen molar-refractivity contribution < 1.29 is 45.2 Å². The van der Waals surface area contributed by atoms with Crippen LogP contribution in [0, 0.1) is 0 Å².